The topological polar surface area (TPSA) is 50.2 Å². The highest BCUT2D eigenvalue weighted by molar-refractivity contribution is 5.78. The van der Waals surface area contributed by atoms with Crippen molar-refractivity contribution >= 4 is 11.5 Å². The highest BCUT2D eigenvalue weighted by Gasteiger charge is 2.17. The van der Waals surface area contributed by atoms with Gasteiger partial charge in [-0.25, -0.2) is 4.68 Å². The third kappa shape index (κ3) is 6.20. The van der Waals surface area contributed by atoms with E-state index in [2.05, 4.69) is 79.5 Å². The van der Waals surface area contributed by atoms with Crippen molar-refractivity contribution in [1.82, 2.24) is 20.0 Å². The van der Waals surface area contributed by atoms with Crippen molar-refractivity contribution < 1.29 is 4.79 Å². The number of aromatic nitrogens is 2. The Kier molecular flexibility index (Phi) is 7.40. The fraction of sp³-hybridized carbons (Fsp3) is 0.357. The monoisotopic (exact) mass is 442 g/mol. The van der Waals surface area contributed by atoms with Crippen molar-refractivity contribution in [3.8, 4) is 5.69 Å². The van der Waals surface area contributed by atoms with Gasteiger partial charge in [-0.1, -0.05) is 68.0 Å². The molecule has 1 N–H and O–H groups in total. The summed E-state index contributed by atoms with van der Waals surface area (Å²) in [6, 6.07) is 20.9. The number of aryl methyl sites for hydroxylation is 1. The molecule has 0 saturated heterocycles. The second kappa shape index (κ2) is 10.6. The number of nitrogens with zero attached hydrogens (tertiary/aromatic N) is 3. The van der Waals surface area contributed by atoms with Crippen LogP contribution in [0.15, 0.2) is 66.7 Å². The van der Waals surface area contributed by atoms with Gasteiger partial charge in [0.2, 0.25) is 5.91 Å². The van der Waals surface area contributed by atoms with E-state index in [1.807, 2.05) is 22.9 Å². The van der Waals surface area contributed by atoms with E-state index >= 15 is 0 Å². The molecule has 0 bridgehead atoms. The van der Waals surface area contributed by atoms with Gasteiger partial charge in [0.15, 0.2) is 0 Å². The normalized spacial score (nSPS) is 14.4. The van der Waals surface area contributed by atoms with E-state index in [9.17, 15) is 4.79 Å². The number of para-hydroxylation sites is 1. The Hall–Kier alpha value is -3.18. The van der Waals surface area contributed by atoms with Gasteiger partial charge in [0.1, 0.15) is 0 Å². The summed E-state index contributed by atoms with van der Waals surface area (Å²) >= 11 is 0. The maximum Gasteiger partial charge on any atom is 0.234 e. The molecule has 0 aliphatic carbocycles. The Balaban J connectivity index is 1.33. The first kappa shape index (κ1) is 23.0. The summed E-state index contributed by atoms with van der Waals surface area (Å²) in [6.45, 7) is 9.10. The summed E-state index contributed by atoms with van der Waals surface area (Å²) in [6.07, 6.45) is 4.17. The van der Waals surface area contributed by atoms with Gasteiger partial charge >= 0.3 is 0 Å². The van der Waals surface area contributed by atoms with Gasteiger partial charge in [0.25, 0.3) is 0 Å². The largest absolute Gasteiger partial charge is 0.349 e. The van der Waals surface area contributed by atoms with Crippen LogP contribution in [-0.2, 0) is 17.8 Å². The van der Waals surface area contributed by atoms with Crippen LogP contribution in [0.2, 0.25) is 0 Å². The first-order valence-electron chi connectivity index (χ1n) is 11.9. The lowest BCUT2D eigenvalue weighted by Gasteiger charge is -2.26. The zero-order valence-corrected chi connectivity index (χ0v) is 19.9. The van der Waals surface area contributed by atoms with E-state index in [4.69, 9.17) is 5.10 Å². The summed E-state index contributed by atoms with van der Waals surface area (Å²) in [5, 5.41) is 7.85. The van der Waals surface area contributed by atoms with Crippen LogP contribution in [0.5, 0.6) is 0 Å². The van der Waals surface area contributed by atoms with Crippen molar-refractivity contribution in [3.05, 3.63) is 89.3 Å². The Morgan fingerprint density at radius 1 is 1.09 bits per heavy atom. The molecular weight excluding hydrogens is 408 g/mol. The van der Waals surface area contributed by atoms with E-state index < -0.39 is 0 Å². The number of benzene rings is 2. The quantitative estimate of drug-likeness (QED) is 0.546. The zero-order valence-electron chi connectivity index (χ0n) is 19.9. The summed E-state index contributed by atoms with van der Waals surface area (Å²) in [4.78, 5) is 14.8. The van der Waals surface area contributed by atoms with Gasteiger partial charge in [0, 0.05) is 18.8 Å². The van der Waals surface area contributed by atoms with Crippen LogP contribution >= 0.6 is 0 Å². The fourth-order valence-electron chi connectivity index (χ4n) is 4.33. The van der Waals surface area contributed by atoms with Crippen LogP contribution in [0.4, 0.5) is 0 Å². The molecule has 2 aromatic carbocycles. The van der Waals surface area contributed by atoms with Crippen LogP contribution < -0.4 is 5.32 Å². The molecule has 1 aliphatic heterocycles. The second-order valence-electron chi connectivity index (χ2n) is 9.33. The highest BCUT2D eigenvalue weighted by atomic mass is 16.2. The predicted molar refractivity (Wildman–Crippen MR) is 134 cm³/mol. The summed E-state index contributed by atoms with van der Waals surface area (Å²) in [7, 11) is 0. The lowest BCUT2D eigenvalue weighted by Crippen LogP contribution is -2.39. The molecule has 1 aliphatic rings. The molecule has 172 valence electrons. The van der Waals surface area contributed by atoms with Gasteiger partial charge in [-0.05, 0) is 55.0 Å². The van der Waals surface area contributed by atoms with Gasteiger partial charge < -0.3 is 5.32 Å². The molecule has 0 saturated carbocycles. The molecule has 0 spiro atoms. The molecular formula is C28H34N4O. The highest BCUT2D eigenvalue weighted by Crippen LogP contribution is 2.23. The lowest BCUT2D eigenvalue weighted by atomic mass is 9.98. The minimum absolute atomic E-state index is 0.0436. The van der Waals surface area contributed by atoms with Gasteiger partial charge in [-0.3, -0.25) is 9.69 Å². The molecule has 5 heteroatoms. The standard InChI is InChI=1S/C28H34N4O/c1-21(2)16-27-18-25(30-32(27)26-10-5-4-6-11-26)19-29-28(33)20-31-14-12-23(13-15-31)24-9-7-8-22(3)17-24/h4-12,17-18,21H,13-16,19-20H2,1-3H3,(H,29,33). The van der Waals surface area contributed by atoms with Crippen LogP contribution in [0, 0.1) is 12.8 Å². The number of rotatable bonds is 8. The molecule has 0 radical (unpaired) electrons. The third-order valence-corrected chi connectivity index (χ3v) is 5.97. The Bertz CT molecular complexity index is 1110. The molecule has 4 rings (SSSR count). The molecule has 5 nitrogen and oxygen atoms in total. The number of nitrogens with one attached hydrogen (secondary N) is 1. The van der Waals surface area contributed by atoms with Crippen LogP contribution in [0.25, 0.3) is 11.3 Å². The van der Waals surface area contributed by atoms with E-state index in [0.717, 1.165) is 37.3 Å². The van der Waals surface area contributed by atoms with Gasteiger partial charge in [0.05, 0.1) is 24.5 Å². The molecule has 1 aromatic heterocycles. The predicted octanol–water partition coefficient (Wildman–Crippen LogP) is 4.78. The lowest BCUT2D eigenvalue weighted by molar-refractivity contribution is -0.122. The number of carbonyl (C=O) groups is 1. The molecule has 3 aromatic rings. The van der Waals surface area contributed by atoms with Gasteiger partial charge in [-0.15, -0.1) is 0 Å². The number of hydrogen-bond acceptors (Lipinski definition) is 3. The summed E-state index contributed by atoms with van der Waals surface area (Å²) in [5.41, 5.74) is 7.06. The molecule has 0 unspecified atom stereocenters. The average Bonchev–Trinajstić information content (AvgIpc) is 3.21. The van der Waals surface area contributed by atoms with Crippen LogP contribution in [-0.4, -0.2) is 40.2 Å². The molecule has 0 atom stereocenters. The molecule has 2 heterocycles. The maximum atomic E-state index is 12.6. The summed E-state index contributed by atoms with van der Waals surface area (Å²) < 4.78 is 2.00. The Morgan fingerprint density at radius 3 is 2.61 bits per heavy atom. The number of hydrogen-bond donors (Lipinski definition) is 1. The summed E-state index contributed by atoms with van der Waals surface area (Å²) in [5.74, 6) is 0.575. The number of amides is 1. The van der Waals surface area contributed by atoms with Crippen molar-refractivity contribution in [2.24, 2.45) is 5.92 Å². The average molecular weight is 443 g/mol. The smallest absolute Gasteiger partial charge is 0.234 e. The third-order valence-electron chi connectivity index (χ3n) is 5.97. The SMILES string of the molecule is Cc1cccc(C2=CCN(CC(=O)NCc3cc(CC(C)C)n(-c4ccccc4)n3)CC2)c1. The van der Waals surface area contributed by atoms with Crippen LogP contribution in [0.1, 0.15) is 42.8 Å². The molecule has 33 heavy (non-hydrogen) atoms. The molecule has 0 fully saturated rings. The van der Waals surface area contributed by atoms with E-state index in [1.54, 1.807) is 0 Å². The second-order valence-corrected chi connectivity index (χ2v) is 9.33. The van der Waals surface area contributed by atoms with Crippen molar-refractivity contribution in [2.75, 3.05) is 19.6 Å². The van der Waals surface area contributed by atoms with Crippen LogP contribution in [0.3, 0.4) is 0 Å². The van der Waals surface area contributed by atoms with Crippen molar-refractivity contribution in [3.63, 3.8) is 0 Å². The Labute approximate surface area is 197 Å². The maximum absolute atomic E-state index is 12.6. The minimum atomic E-state index is 0.0436. The minimum Gasteiger partial charge on any atom is -0.349 e. The Morgan fingerprint density at radius 2 is 1.91 bits per heavy atom. The van der Waals surface area contributed by atoms with E-state index in [1.165, 1.54) is 22.4 Å². The first-order chi connectivity index (χ1) is 16.0. The van der Waals surface area contributed by atoms with Crippen molar-refractivity contribution in [1.29, 1.82) is 0 Å². The van der Waals surface area contributed by atoms with Gasteiger partial charge in [-0.2, -0.15) is 5.10 Å². The van der Waals surface area contributed by atoms with E-state index in [-0.39, 0.29) is 5.91 Å². The fourth-order valence-corrected chi connectivity index (χ4v) is 4.33. The number of carbonyl (C=O) groups excluding carboxylic acids is 1. The van der Waals surface area contributed by atoms with E-state index in [0.29, 0.717) is 19.0 Å². The zero-order chi connectivity index (χ0) is 23.2. The molecule has 1 amide bonds. The van der Waals surface area contributed by atoms with Crippen molar-refractivity contribution in [2.45, 2.75) is 40.2 Å². The first-order valence-corrected chi connectivity index (χ1v) is 11.9.